The van der Waals surface area contributed by atoms with Crippen molar-refractivity contribution in [3.05, 3.63) is 23.9 Å². The van der Waals surface area contributed by atoms with Gasteiger partial charge in [-0.3, -0.25) is 0 Å². The molecule has 0 spiro atoms. The van der Waals surface area contributed by atoms with Crippen molar-refractivity contribution in [2.45, 2.75) is 38.9 Å². The van der Waals surface area contributed by atoms with Crippen molar-refractivity contribution in [3.63, 3.8) is 0 Å². The normalized spacial score (nSPS) is 11.6. The number of pyridine rings is 1. The molecule has 6 heteroatoms. The molecule has 0 amide bonds. The van der Waals surface area contributed by atoms with Gasteiger partial charge in [0, 0.05) is 19.0 Å². The Bertz CT molecular complexity index is 369. The fraction of sp³-hybridized carbons (Fsp3) is 0.615. The Morgan fingerprint density at radius 1 is 1.32 bits per heavy atom. The molecule has 1 N–H and O–H groups in total. The highest BCUT2D eigenvalue weighted by Gasteiger charge is 2.26. The molecule has 0 bridgehead atoms. The Kier molecular flexibility index (Phi) is 6.62. The number of aromatic nitrogens is 1. The van der Waals surface area contributed by atoms with Gasteiger partial charge >= 0.3 is 6.18 Å². The van der Waals surface area contributed by atoms with Gasteiger partial charge in [-0.2, -0.15) is 13.2 Å². The molecule has 0 aromatic carbocycles. The summed E-state index contributed by atoms with van der Waals surface area (Å²) in [5.74, 6) is 0.373. The maximum absolute atomic E-state index is 11.9. The predicted molar refractivity (Wildman–Crippen MR) is 67.0 cm³/mol. The summed E-state index contributed by atoms with van der Waals surface area (Å²) in [4.78, 5) is 4.21. The molecule has 0 atom stereocenters. The fourth-order valence-electron chi connectivity index (χ4n) is 1.48. The first-order chi connectivity index (χ1) is 9.01. The molecule has 1 rings (SSSR count). The number of hydrogen-bond acceptors (Lipinski definition) is 3. The molecule has 0 aliphatic heterocycles. The third kappa shape index (κ3) is 7.66. The molecule has 1 aromatic rings. The fourth-order valence-corrected chi connectivity index (χ4v) is 1.48. The minimum absolute atomic E-state index is 0.0261. The molecule has 19 heavy (non-hydrogen) atoms. The lowest BCUT2D eigenvalue weighted by molar-refractivity contribution is -0.136. The Morgan fingerprint density at radius 2 is 2.11 bits per heavy atom. The second kappa shape index (κ2) is 7.99. The van der Waals surface area contributed by atoms with Crippen LogP contribution in [-0.4, -0.2) is 24.3 Å². The van der Waals surface area contributed by atoms with Crippen LogP contribution in [-0.2, 0) is 6.54 Å². The van der Waals surface area contributed by atoms with Crippen LogP contribution in [0.25, 0.3) is 0 Å². The van der Waals surface area contributed by atoms with Crippen LogP contribution in [0.2, 0.25) is 0 Å². The average Bonchev–Trinajstić information content (AvgIpc) is 2.35. The van der Waals surface area contributed by atoms with Crippen molar-refractivity contribution < 1.29 is 17.9 Å². The van der Waals surface area contributed by atoms with Gasteiger partial charge in [-0.05, 0) is 25.5 Å². The molecule has 1 aromatic heterocycles. The Balaban J connectivity index is 2.31. The second-order valence-corrected chi connectivity index (χ2v) is 4.21. The summed E-state index contributed by atoms with van der Waals surface area (Å²) in [6, 6.07) is 5.29. The van der Waals surface area contributed by atoms with Gasteiger partial charge in [-0.15, -0.1) is 0 Å². The summed E-state index contributed by atoms with van der Waals surface area (Å²) in [6.45, 7) is 3.63. The number of hydrogen-bond donors (Lipinski definition) is 1. The standard InChI is InChI=1S/C13H19F3N2O/c1-2-8-17-10-11-5-3-6-12(18-11)19-9-4-7-13(14,15)16/h3,5-6,17H,2,4,7-10H2,1H3. The Hall–Kier alpha value is -1.30. The number of nitrogens with zero attached hydrogens (tertiary/aromatic N) is 1. The lowest BCUT2D eigenvalue weighted by Gasteiger charge is -2.09. The molecule has 0 unspecified atom stereocenters. The van der Waals surface area contributed by atoms with Crippen LogP contribution in [0.5, 0.6) is 5.88 Å². The van der Waals surface area contributed by atoms with Crippen molar-refractivity contribution in [2.75, 3.05) is 13.2 Å². The predicted octanol–water partition coefficient (Wildman–Crippen LogP) is 3.30. The minimum atomic E-state index is -4.12. The summed E-state index contributed by atoms with van der Waals surface area (Å²) >= 11 is 0. The van der Waals surface area contributed by atoms with E-state index in [1.165, 1.54) is 0 Å². The third-order valence-electron chi connectivity index (χ3n) is 2.37. The Morgan fingerprint density at radius 3 is 2.79 bits per heavy atom. The molecule has 0 saturated carbocycles. The quantitative estimate of drug-likeness (QED) is 0.740. The van der Waals surface area contributed by atoms with Crippen molar-refractivity contribution >= 4 is 0 Å². The molecule has 0 aliphatic rings. The maximum Gasteiger partial charge on any atom is 0.389 e. The number of rotatable bonds is 8. The van der Waals surface area contributed by atoms with Gasteiger partial charge < -0.3 is 10.1 Å². The van der Waals surface area contributed by atoms with Crippen LogP contribution in [0.4, 0.5) is 13.2 Å². The van der Waals surface area contributed by atoms with Gasteiger partial charge in [0.2, 0.25) is 5.88 Å². The molecular formula is C13H19F3N2O. The zero-order valence-corrected chi connectivity index (χ0v) is 11.0. The average molecular weight is 276 g/mol. The van der Waals surface area contributed by atoms with Crippen LogP contribution in [0.1, 0.15) is 31.9 Å². The van der Waals surface area contributed by atoms with E-state index in [1.54, 1.807) is 12.1 Å². The first kappa shape index (κ1) is 15.8. The first-order valence-corrected chi connectivity index (χ1v) is 6.37. The van der Waals surface area contributed by atoms with Crippen LogP contribution >= 0.6 is 0 Å². The molecule has 0 saturated heterocycles. The SMILES string of the molecule is CCCNCc1cccc(OCCCC(F)(F)F)n1. The molecule has 0 aliphatic carbocycles. The summed E-state index contributed by atoms with van der Waals surface area (Å²) in [5, 5.41) is 3.20. The van der Waals surface area contributed by atoms with E-state index in [9.17, 15) is 13.2 Å². The third-order valence-corrected chi connectivity index (χ3v) is 2.37. The van der Waals surface area contributed by atoms with Crippen molar-refractivity contribution in [1.82, 2.24) is 10.3 Å². The highest BCUT2D eigenvalue weighted by atomic mass is 19.4. The van der Waals surface area contributed by atoms with Crippen molar-refractivity contribution in [1.29, 1.82) is 0 Å². The monoisotopic (exact) mass is 276 g/mol. The lowest BCUT2D eigenvalue weighted by Crippen LogP contribution is -2.15. The minimum Gasteiger partial charge on any atom is -0.478 e. The number of ether oxygens (including phenoxy) is 1. The first-order valence-electron chi connectivity index (χ1n) is 6.37. The van der Waals surface area contributed by atoms with Gasteiger partial charge in [0.05, 0.1) is 12.3 Å². The molecule has 0 fully saturated rings. The zero-order valence-electron chi connectivity index (χ0n) is 11.0. The molecular weight excluding hydrogens is 257 g/mol. The molecule has 3 nitrogen and oxygen atoms in total. The van der Waals surface area contributed by atoms with E-state index in [4.69, 9.17) is 4.74 Å². The number of nitrogens with one attached hydrogen (secondary N) is 1. The number of halogens is 3. The van der Waals surface area contributed by atoms with Crippen LogP contribution < -0.4 is 10.1 Å². The number of alkyl halides is 3. The molecule has 0 radical (unpaired) electrons. The van der Waals surface area contributed by atoms with E-state index in [1.807, 2.05) is 6.07 Å². The van der Waals surface area contributed by atoms with Gasteiger partial charge in [-0.25, -0.2) is 4.98 Å². The zero-order chi connectivity index (χ0) is 14.1. The summed E-state index contributed by atoms with van der Waals surface area (Å²) in [6.07, 6.45) is -3.97. The van der Waals surface area contributed by atoms with Crippen molar-refractivity contribution in [3.8, 4) is 5.88 Å². The van der Waals surface area contributed by atoms with Gasteiger partial charge in [0.15, 0.2) is 0 Å². The van der Waals surface area contributed by atoms with E-state index in [0.29, 0.717) is 12.4 Å². The summed E-state index contributed by atoms with van der Waals surface area (Å²) in [7, 11) is 0. The smallest absolute Gasteiger partial charge is 0.389 e. The second-order valence-electron chi connectivity index (χ2n) is 4.21. The van der Waals surface area contributed by atoms with E-state index < -0.39 is 12.6 Å². The summed E-state index contributed by atoms with van der Waals surface area (Å²) < 4.78 is 41.0. The van der Waals surface area contributed by atoms with E-state index in [2.05, 4.69) is 17.2 Å². The van der Waals surface area contributed by atoms with Crippen LogP contribution in [0.15, 0.2) is 18.2 Å². The largest absolute Gasteiger partial charge is 0.478 e. The van der Waals surface area contributed by atoms with Gasteiger partial charge in [0.25, 0.3) is 0 Å². The topological polar surface area (TPSA) is 34.1 Å². The summed E-state index contributed by atoms with van der Waals surface area (Å²) in [5.41, 5.74) is 0.821. The van der Waals surface area contributed by atoms with Crippen LogP contribution in [0.3, 0.4) is 0 Å². The highest BCUT2D eigenvalue weighted by molar-refractivity contribution is 5.15. The Labute approximate surface area is 111 Å². The van der Waals surface area contributed by atoms with E-state index in [-0.39, 0.29) is 13.0 Å². The van der Waals surface area contributed by atoms with E-state index >= 15 is 0 Å². The highest BCUT2D eigenvalue weighted by Crippen LogP contribution is 2.21. The van der Waals surface area contributed by atoms with E-state index in [0.717, 1.165) is 18.7 Å². The molecule has 108 valence electrons. The van der Waals surface area contributed by atoms with Gasteiger partial charge in [0.1, 0.15) is 0 Å². The van der Waals surface area contributed by atoms with Crippen LogP contribution in [0, 0.1) is 0 Å². The lowest BCUT2D eigenvalue weighted by atomic mass is 10.3. The van der Waals surface area contributed by atoms with Gasteiger partial charge in [-0.1, -0.05) is 13.0 Å². The van der Waals surface area contributed by atoms with Crippen molar-refractivity contribution in [2.24, 2.45) is 0 Å². The molecule has 1 heterocycles. The maximum atomic E-state index is 11.9.